The molecule has 1 aliphatic rings. The van der Waals surface area contributed by atoms with Crippen LogP contribution in [0.4, 0.5) is 5.69 Å². The molecule has 1 unspecified atom stereocenters. The van der Waals surface area contributed by atoms with Crippen LogP contribution in [0.3, 0.4) is 0 Å². The molecule has 0 bridgehead atoms. The molecule has 0 spiro atoms. The number of halogens is 2. The fraction of sp³-hybridized carbons (Fsp3) is 0.538. The molecule has 1 aromatic carbocycles. The zero-order valence-corrected chi connectivity index (χ0v) is 12.1. The number of hydrogen-bond donors (Lipinski definition) is 2. The number of aliphatic hydroxyl groups excluding tert-OH is 1. The van der Waals surface area contributed by atoms with Gasteiger partial charge in [0.15, 0.2) is 0 Å². The highest BCUT2D eigenvalue weighted by atomic mass is 35.5. The SMILES string of the molecule is OC(CNc1ccc(Cl)c(Cl)c1)CN1CCOCC1. The van der Waals surface area contributed by atoms with E-state index in [-0.39, 0.29) is 0 Å². The van der Waals surface area contributed by atoms with Gasteiger partial charge in [-0.2, -0.15) is 0 Å². The van der Waals surface area contributed by atoms with Crippen LogP contribution < -0.4 is 5.32 Å². The molecule has 1 saturated heterocycles. The molecule has 0 aromatic heterocycles. The van der Waals surface area contributed by atoms with Crippen molar-refractivity contribution in [1.82, 2.24) is 4.90 Å². The van der Waals surface area contributed by atoms with E-state index in [1.54, 1.807) is 12.1 Å². The quantitative estimate of drug-likeness (QED) is 0.874. The summed E-state index contributed by atoms with van der Waals surface area (Å²) in [7, 11) is 0. The van der Waals surface area contributed by atoms with Gasteiger partial charge in [-0.05, 0) is 18.2 Å². The largest absolute Gasteiger partial charge is 0.390 e. The number of hydrogen-bond acceptors (Lipinski definition) is 4. The van der Waals surface area contributed by atoms with Crippen molar-refractivity contribution >= 4 is 28.9 Å². The number of ether oxygens (including phenoxy) is 1. The third kappa shape index (κ3) is 4.82. The molecule has 1 heterocycles. The number of nitrogens with one attached hydrogen (secondary N) is 1. The standard InChI is InChI=1S/C13H18Cl2N2O2/c14-12-2-1-10(7-13(12)15)16-8-11(18)9-17-3-5-19-6-4-17/h1-2,7,11,16,18H,3-6,8-9H2. The van der Waals surface area contributed by atoms with Crippen molar-refractivity contribution in [3.8, 4) is 0 Å². The minimum atomic E-state index is -0.424. The molecule has 19 heavy (non-hydrogen) atoms. The van der Waals surface area contributed by atoms with Gasteiger partial charge in [-0.3, -0.25) is 4.90 Å². The van der Waals surface area contributed by atoms with E-state index in [1.807, 2.05) is 6.07 Å². The fourth-order valence-corrected chi connectivity index (χ4v) is 2.29. The highest BCUT2D eigenvalue weighted by Gasteiger charge is 2.14. The van der Waals surface area contributed by atoms with E-state index in [9.17, 15) is 5.11 Å². The monoisotopic (exact) mass is 304 g/mol. The van der Waals surface area contributed by atoms with Gasteiger partial charge in [0.25, 0.3) is 0 Å². The molecule has 4 nitrogen and oxygen atoms in total. The Labute approximate surface area is 123 Å². The number of benzene rings is 1. The second-order valence-corrected chi connectivity index (χ2v) is 5.39. The maximum Gasteiger partial charge on any atom is 0.0839 e. The van der Waals surface area contributed by atoms with Crippen LogP contribution in [-0.2, 0) is 4.74 Å². The molecule has 1 fully saturated rings. The van der Waals surface area contributed by atoms with Gasteiger partial charge < -0.3 is 15.2 Å². The van der Waals surface area contributed by atoms with Crippen molar-refractivity contribution in [3.05, 3.63) is 28.2 Å². The molecule has 1 aromatic rings. The predicted molar refractivity (Wildman–Crippen MR) is 78.2 cm³/mol. The van der Waals surface area contributed by atoms with Crippen molar-refractivity contribution in [1.29, 1.82) is 0 Å². The average Bonchev–Trinajstić information content (AvgIpc) is 2.41. The molecule has 6 heteroatoms. The Hall–Kier alpha value is -0.520. The number of rotatable bonds is 5. The maximum atomic E-state index is 9.98. The Morgan fingerprint density at radius 3 is 2.68 bits per heavy atom. The van der Waals surface area contributed by atoms with Crippen LogP contribution >= 0.6 is 23.2 Å². The second-order valence-electron chi connectivity index (χ2n) is 4.58. The van der Waals surface area contributed by atoms with Gasteiger partial charge in [0.2, 0.25) is 0 Å². The van der Waals surface area contributed by atoms with Crippen LogP contribution in [0.15, 0.2) is 18.2 Å². The van der Waals surface area contributed by atoms with Crippen molar-refractivity contribution < 1.29 is 9.84 Å². The summed E-state index contributed by atoms with van der Waals surface area (Å²) in [5.74, 6) is 0. The smallest absolute Gasteiger partial charge is 0.0839 e. The van der Waals surface area contributed by atoms with Crippen LogP contribution in [0.5, 0.6) is 0 Å². The highest BCUT2D eigenvalue weighted by molar-refractivity contribution is 6.42. The first-order valence-corrected chi connectivity index (χ1v) is 7.08. The Morgan fingerprint density at radius 1 is 1.26 bits per heavy atom. The molecule has 106 valence electrons. The van der Waals surface area contributed by atoms with Crippen LogP contribution in [0, 0.1) is 0 Å². The topological polar surface area (TPSA) is 44.7 Å². The van der Waals surface area contributed by atoms with Gasteiger partial charge in [0, 0.05) is 31.9 Å². The number of nitrogens with zero attached hydrogens (tertiary/aromatic N) is 1. The Kier molecular flexibility index (Phi) is 5.73. The lowest BCUT2D eigenvalue weighted by atomic mass is 10.2. The summed E-state index contributed by atoms with van der Waals surface area (Å²) in [5, 5.41) is 14.2. The van der Waals surface area contributed by atoms with Crippen molar-refractivity contribution in [2.45, 2.75) is 6.10 Å². The van der Waals surface area contributed by atoms with Gasteiger partial charge >= 0.3 is 0 Å². The van der Waals surface area contributed by atoms with E-state index < -0.39 is 6.10 Å². The predicted octanol–water partition coefficient (Wildman–Crippen LogP) is 2.10. The van der Waals surface area contributed by atoms with Gasteiger partial charge in [-0.1, -0.05) is 23.2 Å². The van der Waals surface area contributed by atoms with E-state index >= 15 is 0 Å². The van der Waals surface area contributed by atoms with E-state index in [0.29, 0.717) is 23.1 Å². The molecule has 2 N–H and O–H groups in total. The van der Waals surface area contributed by atoms with Gasteiger partial charge in [-0.15, -0.1) is 0 Å². The number of aliphatic hydroxyl groups is 1. The summed E-state index contributed by atoms with van der Waals surface area (Å²) in [4.78, 5) is 2.20. The van der Waals surface area contributed by atoms with Crippen molar-refractivity contribution in [2.24, 2.45) is 0 Å². The molecule has 1 atom stereocenters. The molecule has 0 radical (unpaired) electrons. The fourth-order valence-electron chi connectivity index (χ4n) is 1.99. The van der Waals surface area contributed by atoms with Gasteiger partial charge in [0.1, 0.15) is 0 Å². The number of morpholine rings is 1. The first-order valence-electron chi connectivity index (χ1n) is 6.32. The summed E-state index contributed by atoms with van der Waals surface area (Å²) in [5.41, 5.74) is 0.857. The van der Waals surface area contributed by atoms with Crippen molar-refractivity contribution in [3.63, 3.8) is 0 Å². The summed E-state index contributed by atoms with van der Waals surface area (Å²) in [6.45, 7) is 4.38. The number of anilines is 1. The first-order chi connectivity index (χ1) is 9.15. The lowest BCUT2D eigenvalue weighted by Gasteiger charge is -2.28. The highest BCUT2D eigenvalue weighted by Crippen LogP contribution is 2.24. The molecule has 2 rings (SSSR count). The third-order valence-corrected chi connectivity index (χ3v) is 3.77. The van der Waals surface area contributed by atoms with Crippen LogP contribution in [0.1, 0.15) is 0 Å². The zero-order chi connectivity index (χ0) is 13.7. The second kappa shape index (κ2) is 7.31. The average molecular weight is 305 g/mol. The minimum absolute atomic E-state index is 0.424. The molecular formula is C13H18Cl2N2O2. The van der Waals surface area contributed by atoms with Crippen LogP contribution in [0.25, 0.3) is 0 Å². The third-order valence-electron chi connectivity index (χ3n) is 3.03. The van der Waals surface area contributed by atoms with Crippen molar-refractivity contribution in [2.75, 3.05) is 44.7 Å². The Bertz CT molecular complexity index is 412. The maximum absolute atomic E-state index is 9.98. The number of β-amino-alcohol motifs (C(OH)–C–C–N with tert-alkyl or cyclic N) is 1. The zero-order valence-electron chi connectivity index (χ0n) is 10.6. The van der Waals surface area contributed by atoms with E-state index in [2.05, 4.69) is 10.2 Å². The van der Waals surface area contributed by atoms with Gasteiger partial charge in [0.05, 0.1) is 29.4 Å². The Balaban J connectivity index is 1.75. The first kappa shape index (κ1) is 14.9. The van der Waals surface area contributed by atoms with Gasteiger partial charge in [-0.25, -0.2) is 0 Å². The summed E-state index contributed by atoms with van der Waals surface area (Å²) in [6, 6.07) is 5.33. The van der Waals surface area contributed by atoms with Crippen LogP contribution in [0.2, 0.25) is 10.0 Å². The summed E-state index contributed by atoms with van der Waals surface area (Å²) < 4.78 is 5.27. The normalized spacial score (nSPS) is 18.3. The lowest BCUT2D eigenvalue weighted by Crippen LogP contribution is -2.42. The van der Waals surface area contributed by atoms with E-state index in [0.717, 1.165) is 32.0 Å². The molecule has 0 amide bonds. The molecule has 1 aliphatic heterocycles. The molecular weight excluding hydrogens is 287 g/mol. The summed E-state index contributed by atoms with van der Waals surface area (Å²) >= 11 is 11.8. The van der Waals surface area contributed by atoms with E-state index in [4.69, 9.17) is 27.9 Å². The molecule has 0 aliphatic carbocycles. The molecule has 0 saturated carbocycles. The van der Waals surface area contributed by atoms with E-state index in [1.165, 1.54) is 0 Å². The summed E-state index contributed by atoms with van der Waals surface area (Å²) in [6.07, 6.45) is -0.424. The minimum Gasteiger partial charge on any atom is -0.390 e. The lowest BCUT2D eigenvalue weighted by molar-refractivity contribution is 0.0171. The Morgan fingerprint density at radius 2 is 2.00 bits per heavy atom. The van der Waals surface area contributed by atoms with Crippen LogP contribution in [-0.4, -0.2) is 55.5 Å².